The lowest BCUT2D eigenvalue weighted by Gasteiger charge is -1.95. The Labute approximate surface area is 69.3 Å². The molecule has 2 rings (SSSR count). The average Bonchev–Trinajstić information content (AvgIpc) is 2.17. The van der Waals surface area contributed by atoms with Crippen molar-refractivity contribution in [2.75, 3.05) is 0 Å². The third-order valence-corrected chi connectivity index (χ3v) is 1.62. The summed E-state index contributed by atoms with van der Waals surface area (Å²) in [5.74, 6) is 0. The summed E-state index contributed by atoms with van der Waals surface area (Å²) in [6.45, 7) is 0. The van der Waals surface area contributed by atoms with Gasteiger partial charge in [-0.15, -0.1) is 0 Å². The minimum atomic E-state index is 0.570. The van der Waals surface area contributed by atoms with Crippen LogP contribution >= 0.6 is 0 Å². The predicted octanol–water partition coefficient (Wildman–Crippen LogP) is 1.50. The fourth-order valence-corrected chi connectivity index (χ4v) is 1.07. The molecule has 0 radical (unpaired) electrons. The van der Waals surface area contributed by atoms with Crippen LogP contribution in [0.25, 0.3) is 11.0 Å². The maximum atomic E-state index is 8.72. The highest BCUT2D eigenvalue weighted by Crippen LogP contribution is 2.11. The molecule has 0 amide bonds. The topological polar surface area (TPSA) is 49.6 Å². The van der Waals surface area contributed by atoms with Gasteiger partial charge in [-0.05, 0) is 18.2 Å². The number of hydrogen-bond donors (Lipinski definition) is 0. The first-order valence-corrected chi connectivity index (χ1v) is 3.51. The molecule has 0 aliphatic carbocycles. The van der Waals surface area contributed by atoms with Crippen molar-refractivity contribution < 1.29 is 0 Å². The third kappa shape index (κ3) is 0.903. The second-order valence-corrected chi connectivity index (χ2v) is 2.34. The fraction of sp³-hybridized carbons (Fsp3) is 0. The molecule has 0 aliphatic heterocycles. The van der Waals surface area contributed by atoms with Gasteiger partial charge < -0.3 is 0 Å². The Bertz CT molecular complexity index is 451. The Morgan fingerprint density at radius 3 is 2.92 bits per heavy atom. The normalized spacial score (nSPS) is 9.58. The fourth-order valence-electron chi connectivity index (χ4n) is 1.07. The summed E-state index contributed by atoms with van der Waals surface area (Å²) in [5.41, 5.74) is 2.00. The molecule has 0 unspecified atom stereocenters. The molecule has 12 heavy (non-hydrogen) atoms. The number of nitriles is 1. The van der Waals surface area contributed by atoms with Crippen molar-refractivity contribution in [3.8, 4) is 6.07 Å². The van der Waals surface area contributed by atoms with E-state index in [4.69, 9.17) is 5.26 Å². The summed E-state index contributed by atoms with van der Waals surface area (Å²) in [5, 5.41) is 8.72. The third-order valence-electron chi connectivity index (χ3n) is 1.62. The van der Waals surface area contributed by atoms with E-state index in [1.807, 2.05) is 6.07 Å². The Morgan fingerprint density at radius 1 is 1.17 bits per heavy atom. The van der Waals surface area contributed by atoms with Gasteiger partial charge in [0.15, 0.2) is 0 Å². The Morgan fingerprint density at radius 2 is 2.08 bits per heavy atom. The molecule has 2 heterocycles. The van der Waals surface area contributed by atoms with Gasteiger partial charge in [0.1, 0.15) is 11.6 Å². The molecule has 2 aromatic rings. The first-order chi connectivity index (χ1) is 5.92. The number of pyridine rings is 2. The molecule has 0 aromatic carbocycles. The first-order valence-electron chi connectivity index (χ1n) is 3.51. The zero-order valence-electron chi connectivity index (χ0n) is 6.23. The molecule has 0 aliphatic rings. The van der Waals surface area contributed by atoms with E-state index >= 15 is 0 Å². The summed E-state index contributed by atoms with van der Waals surface area (Å²) in [7, 11) is 0. The molecule has 0 atom stereocenters. The van der Waals surface area contributed by atoms with Crippen molar-refractivity contribution >= 4 is 11.0 Å². The summed E-state index contributed by atoms with van der Waals surface area (Å²) < 4.78 is 0. The molecule has 0 saturated carbocycles. The average molecular weight is 155 g/mol. The standard InChI is InChI=1S/C9H5N3/c10-6-7-3-5-11-8-2-1-4-12-9(7)8/h1-5H. The van der Waals surface area contributed by atoms with E-state index in [9.17, 15) is 0 Å². The zero-order chi connectivity index (χ0) is 8.39. The predicted molar refractivity (Wildman–Crippen MR) is 44.3 cm³/mol. The van der Waals surface area contributed by atoms with Crippen LogP contribution in [0.1, 0.15) is 5.56 Å². The summed E-state index contributed by atoms with van der Waals surface area (Å²) in [6, 6.07) is 7.37. The lowest BCUT2D eigenvalue weighted by atomic mass is 10.2. The van der Waals surface area contributed by atoms with Crippen molar-refractivity contribution in [3.63, 3.8) is 0 Å². The lowest BCUT2D eigenvalue weighted by molar-refractivity contribution is 1.32. The molecule has 2 aromatic heterocycles. The van der Waals surface area contributed by atoms with Crippen LogP contribution in [0.2, 0.25) is 0 Å². The number of fused-ring (bicyclic) bond motifs is 1. The molecule has 0 N–H and O–H groups in total. The lowest BCUT2D eigenvalue weighted by Crippen LogP contribution is -1.85. The van der Waals surface area contributed by atoms with Gasteiger partial charge in [-0.3, -0.25) is 9.97 Å². The van der Waals surface area contributed by atoms with Gasteiger partial charge in [-0.1, -0.05) is 0 Å². The van der Waals surface area contributed by atoms with Crippen molar-refractivity contribution in [3.05, 3.63) is 36.2 Å². The van der Waals surface area contributed by atoms with Crippen LogP contribution in [0.4, 0.5) is 0 Å². The van der Waals surface area contributed by atoms with Crippen molar-refractivity contribution in [1.29, 1.82) is 5.26 Å². The smallest absolute Gasteiger partial charge is 0.106 e. The SMILES string of the molecule is N#Cc1ccnc2cccnc12. The van der Waals surface area contributed by atoms with Crippen molar-refractivity contribution in [2.45, 2.75) is 0 Å². The highest BCUT2D eigenvalue weighted by molar-refractivity contribution is 5.79. The maximum absolute atomic E-state index is 8.72. The van der Waals surface area contributed by atoms with Crippen LogP contribution in [0.3, 0.4) is 0 Å². The van der Waals surface area contributed by atoms with E-state index in [1.54, 1.807) is 24.5 Å². The van der Waals surface area contributed by atoms with Gasteiger partial charge in [0.2, 0.25) is 0 Å². The zero-order valence-corrected chi connectivity index (χ0v) is 6.23. The molecular weight excluding hydrogens is 150 g/mol. The second kappa shape index (κ2) is 2.59. The van der Waals surface area contributed by atoms with E-state index in [2.05, 4.69) is 16.0 Å². The highest BCUT2D eigenvalue weighted by Gasteiger charge is 1.99. The first kappa shape index (κ1) is 6.74. The molecule has 0 spiro atoms. The van der Waals surface area contributed by atoms with E-state index in [0.29, 0.717) is 11.1 Å². The second-order valence-electron chi connectivity index (χ2n) is 2.34. The van der Waals surface area contributed by atoms with Gasteiger partial charge >= 0.3 is 0 Å². The van der Waals surface area contributed by atoms with Gasteiger partial charge in [0, 0.05) is 12.4 Å². The van der Waals surface area contributed by atoms with E-state index < -0.39 is 0 Å². The van der Waals surface area contributed by atoms with Gasteiger partial charge in [0.05, 0.1) is 11.1 Å². The van der Waals surface area contributed by atoms with Crippen molar-refractivity contribution in [2.24, 2.45) is 0 Å². The van der Waals surface area contributed by atoms with Crippen LogP contribution in [0.15, 0.2) is 30.6 Å². The number of aromatic nitrogens is 2. The van der Waals surface area contributed by atoms with E-state index in [0.717, 1.165) is 5.52 Å². The minimum Gasteiger partial charge on any atom is -0.255 e. The Kier molecular flexibility index (Phi) is 1.45. The van der Waals surface area contributed by atoms with E-state index in [-0.39, 0.29) is 0 Å². The van der Waals surface area contributed by atoms with Crippen LogP contribution in [-0.4, -0.2) is 9.97 Å². The van der Waals surface area contributed by atoms with Gasteiger partial charge in [0.25, 0.3) is 0 Å². The van der Waals surface area contributed by atoms with E-state index in [1.165, 1.54) is 0 Å². The van der Waals surface area contributed by atoms with Gasteiger partial charge in [-0.2, -0.15) is 5.26 Å². The number of hydrogen-bond acceptors (Lipinski definition) is 3. The highest BCUT2D eigenvalue weighted by atomic mass is 14.7. The molecular formula is C9H5N3. The van der Waals surface area contributed by atoms with Crippen LogP contribution in [0, 0.1) is 11.3 Å². The van der Waals surface area contributed by atoms with Gasteiger partial charge in [-0.25, -0.2) is 0 Å². The monoisotopic (exact) mass is 155 g/mol. The van der Waals surface area contributed by atoms with Crippen molar-refractivity contribution in [1.82, 2.24) is 9.97 Å². The van der Waals surface area contributed by atoms with Crippen LogP contribution in [0.5, 0.6) is 0 Å². The molecule has 56 valence electrons. The quantitative estimate of drug-likeness (QED) is 0.579. The molecule has 3 heteroatoms. The summed E-state index contributed by atoms with van der Waals surface area (Å²) in [4.78, 5) is 8.14. The Balaban J connectivity index is 2.91. The molecule has 0 fully saturated rings. The maximum Gasteiger partial charge on any atom is 0.106 e. The minimum absolute atomic E-state index is 0.570. The largest absolute Gasteiger partial charge is 0.255 e. The summed E-state index contributed by atoms with van der Waals surface area (Å²) in [6.07, 6.45) is 3.27. The van der Waals surface area contributed by atoms with Crippen LogP contribution in [-0.2, 0) is 0 Å². The molecule has 0 saturated heterocycles. The van der Waals surface area contributed by atoms with Crippen LogP contribution < -0.4 is 0 Å². The molecule has 0 bridgehead atoms. The Hall–Kier alpha value is -1.95. The number of rotatable bonds is 0. The molecule has 3 nitrogen and oxygen atoms in total. The number of nitrogens with zero attached hydrogens (tertiary/aromatic N) is 3. The summed E-state index contributed by atoms with van der Waals surface area (Å²) >= 11 is 0.